The molecule has 0 saturated heterocycles. The van der Waals surface area contributed by atoms with Crippen LogP contribution >= 0.6 is 0 Å². The van der Waals surface area contributed by atoms with Crippen LogP contribution in [0.25, 0.3) is 0 Å². The summed E-state index contributed by atoms with van der Waals surface area (Å²) >= 11 is 0. The molecule has 0 amide bonds. The minimum atomic E-state index is -4.57. The van der Waals surface area contributed by atoms with E-state index in [0.29, 0.717) is 6.42 Å². The highest BCUT2D eigenvalue weighted by Gasteiger charge is 2.28. The summed E-state index contributed by atoms with van der Waals surface area (Å²) < 4.78 is 38.0. The highest BCUT2D eigenvalue weighted by molar-refractivity contribution is 4.72. The van der Waals surface area contributed by atoms with Crippen molar-refractivity contribution in [1.29, 1.82) is 0 Å². The summed E-state index contributed by atoms with van der Waals surface area (Å²) in [7, 11) is 0. The Bertz CT molecular complexity index is 159. The van der Waals surface area contributed by atoms with Crippen LogP contribution in [0.2, 0.25) is 0 Å². The molecule has 3 nitrogen and oxygen atoms in total. The van der Waals surface area contributed by atoms with Gasteiger partial charge in [-0.2, -0.15) is 0 Å². The summed E-state index contributed by atoms with van der Waals surface area (Å²) in [4.78, 5) is 0. The van der Waals surface area contributed by atoms with Crippen LogP contribution in [0, 0.1) is 0 Å². The zero-order valence-electron chi connectivity index (χ0n) is 8.32. The quantitative estimate of drug-likeness (QED) is 0.656. The Morgan fingerprint density at radius 3 is 2.36 bits per heavy atom. The molecule has 0 aliphatic rings. The number of alkyl halides is 3. The monoisotopic (exact) mass is 215 g/mol. The van der Waals surface area contributed by atoms with E-state index < -0.39 is 18.6 Å². The van der Waals surface area contributed by atoms with Crippen LogP contribution in [0.1, 0.15) is 20.3 Å². The van der Waals surface area contributed by atoms with Gasteiger partial charge in [0.05, 0.1) is 12.2 Å². The van der Waals surface area contributed by atoms with Crippen LogP contribution in [0.3, 0.4) is 0 Å². The third-order valence-electron chi connectivity index (χ3n) is 1.81. The van der Waals surface area contributed by atoms with E-state index in [4.69, 9.17) is 0 Å². The van der Waals surface area contributed by atoms with Crippen molar-refractivity contribution in [3.05, 3.63) is 0 Å². The number of aliphatic hydroxyl groups is 1. The normalized spacial score (nSPS) is 16.7. The standard InChI is InChI=1S/C8H16F3NO2/c1-3-7(2,13)6-12-4-5-14-8(9,10)11/h12-13H,3-6H2,1-2H3. The van der Waals surface area contributed by atoms with E-state index in [0.717, 1.165) is 0 Å². The number of rotatable bonds is 6. The number of ether oxygens (including phenoxy) is 1. The molecule has 0 aromatic heterocycles. The summed E-state index contributed by atoms with van der Waals surface area (Å²) in [6.07, 6.45) is -4.03. The summed E-state index contributed by atoms with van der Waals surface area (Å²) in [5, 5.41) is 12.1. The lowest BCUT2D eigenvalue weighted by Gasteiger charge is -2.21. The lowest BCUT2D eigenvalue weighted by atomic mass is 10.0. The largest absolute Gasteiger partial charge is 0.522 e. The van der Waals surface area contributed by atoms with Gasteiger partial charge in [-0.3, -0.25) is 4.74 Å². The highest BCUT2D eigenvalue weighted by atomic mass is 19.4. The molecule has 0 aliphatic carbocycles. The molecule has 14 heavy (non-hydrogen) atoms. The Kier molecular flexibility index (Phi) is 5.40. The Morgan fingerprint density at radius 1 is 1.36 bits per heavy atom. The van der Waals surface area contributed by atoms with Crippen LogP contribution in [0.5, 0.6) is 0 Å². The third-order valence-corrected chi connectivity index (χ3v) is 1.81. The van der Waals surface area contributed by atoms with Crippen molar-refractivity contribution < 1.29 is 23.0 Å². The van der Waals surface area contributed by atoms with E-state index in [1.54, 1.807) is 13.8 Å². The fraction of sp³-hybridized carbons (Fsp3) is 1.00. The van der Waals surface area contributed by atoms with Crippen LogP contribution in [-0.4, -0.2) is 36.8 Å². The van der Waals surface area contributed by atoms with Crippen molar-refractivity contribution >= 4 is 0 Å². The molecule has 0 spiro atoms. The SMILES string of the molecule is CCC(C)(O)CNCCOC(F)(F)F. The smallest absolute Gasteiger partial charge is 0.389 e. The Labute approximate surface area is 81.2 Å². The second-order valence-electron chi connectivity index (χ2n) is 3.32. The molecule has 2 N–H and O–H groups in total. The van der Waals surface area contributed by atoms with Gasteiger partial charge in [0.1, 0.15) is 0 Å². The maximum Gasteiger partial charge on any atom is 0.522 e. The van der Waals surface area contributed by atoms with Gasteiger partial charge >= 0.3 is 6.36 Å². The van der Waals surface area contributed by atoms with Crippen molar-refractivity contribution in [3.63, 3.8) is 0 Å². The van der Waals surface area contributed by atoms with Crippen molar-refractivity contribution in [1.82, 2.24) is 5.32 Å². The highest BCUT2D eigenvalue weighted by Crippen LogP contribution is 2.15. The molecule has 6 heteroatoms. The molecule has 0 bridgehead atoms. The van der Waals surface area contributed by atoms with Crippen molar-refractivity contribution in [3.8, 4) is 0 Å². The average molecular weight is 215 g/mol. The maximum absolute atomic E-state index is 11.5. The molecule has 0 radical (unpaired) electrons. The minimum Gasteiger partial charge on any atom is -0.389 e. The fourth-order valence-electron chi connectivity index (χ4n) is 0.722. The summed E-state index contributed by atoms with van der Waals surface area (Å²) in [5.74, 6) is 0. The second kappa shape index (κ2) is 5.53. The van der Waals surface area contributed by atoms with Gasteiger partial charge in [-0.15, -0.1) is 13.2 Å². The van der Waals surface area contributed by atoms with E-state index in [1.165, 1.54) is 0 Å². The van der Waals surface area contributed by atoms with Gasteiger partial charge in [-0.05, 0) is 13.3 Å². The number of halogens is 3. The summed E-state index contributed by atoms with van der Waals surface area (Å²) in [5.41, 5.74) is -0.877. The topological polar surface area (TPSA) is 41.5 Å². The lowest BCUT2D eigenvalue weighted by Crippen LogP contribution is -2.38. The first-order chi connectivity index (χ1) is 6.27. The third kappa shape index (κ3) is 8.28. The van der Waals surface area contributed by atoms with E-state index >= 15 is 0 Å². The molecular formula is C8H16F3NO2. The Hall–Kier alpha value is -0.330. The summed E-state index contributed by atoms with van der Waals surface area (Å²) in [6, 6.07) is 0. The Morgan fingerprint density at radius 2 is 1.93 bits per heavy atom. The molecule has 0 heterocycles. The minimum absolute atomic E-state index is 0.0651. The second-order valence-corrected chi connectivity index (χ2v) is 3.32. The first-order valence-corrected chi connectivity index (χ1v) is 4.40. The van der Waals surface area contributed by atoms with E-state index in [1.807, 2.05) is 0 Å². The molecule has 0 aliphatic heterocycles. The van der Waals surface area contributed by atoms with Gasteiger partial charge in [0, 0.05) is 13.1 Å². The molecule has 86 valence electrons. The van der Waals surface area contributed by atoms with Gasteiger partial charge in [0.25, 0.3) is 0 Å². The van der Waals surface area contributed by atoms with E-state index in [2.05, 4.69) is 10.1 Å². The average Bonchev–Trinajstić information content (AvgIpc) is 2.01. The molecule has 0 saturated carbocycles. The molecule has 0 aromatic carbocycles. The van der Waals surface area contributed by atoms with Crippen molar-refractivity contribution in [2.45, 2.75) is 32.2 Å². The van der Waals surface area contributed by atoms with Crippen LogP contribution in [0.15, 0.2) is 0 Å². The molecule has 0 rings (SSSR count). The van der Waals surface area contributed by atoms with E-state index in [9.17, 15) is 18.3 Å². The van der Waals surface area contributed by atoms with Gasteiger partial charge in [-0.25, -0.2) is 0 Å². The molecular weight excluding hydrogens is 199 g/mol. The van der Waals surface area contributed by atoms with Crippen LogP contribution in [-0.2, 0) is 4.74 Å². The van der Waals surface area contributed by atoms with Gasteiger partial charge in [0.2, 0.25) is 0 Å². The number of nitrogens with one attached hydrogen (secondary N) is 1. The van der Waals surface area contributed by atoms with E-state index in [-0.39, 0.29) is 13.1 Å². The fourth-order valence-corrected chi connectivity index (χ4v) is 0.722. The van der Waals surface area contributed by atoms with Gasteiger partial charge in [0.15, 0.2) is 0 Å². The molecule has 0 aromatic rings. The van der Waals surface area contributed by atoms with Crippen LogP contribution < -0.4 is 5.32 Å². The number of hydrogen-bond donors (Lipinski definition) is 2. The summed E-state index contributed by atoms with van der Waals surface area (Å²) in [6.45, 7) is 3.29. The van der Waals surface area contributed by atoms with Crippen molar-refractivity contribution in [2.24, 2.45) is 0 Å². The first-order valence-electron chi connectivity index (χ1n) is 4.40. The molecule has 1 unspecified atom stereocenters. The predicted octanol–water partition coefficient (Wildman–Crippen LogP) is 1.27. The first kappa shape index (κ1) is 13.7. The zero-order chi connectivity index (χ0) is 11.2. The lowest BCUT2D eigenvalue weighted by molar-refractivity contribution is -0.323. The van der Waals surface area contributed by atoms with Gasteiger partial charge < -0.3 is 10.4 Å². The Balaban J connectivity index is 3.39. The zero-order valence-corrected chi connectivity index (χ0v) is 8.32. The molecule has 0 fully saturated rings. The van der Waals surface area contributed by atoms with Gasteiger partial charge in [-0.1, -0.05) is 6.92 Å². The van der Waals surface area contributed by atoms with Crippen molar-refractivity contribution in [2.75, 3.05) is 19.7 Å². The van der Waals surface area contributed by atoms with Crippen LogP contribution in [0.4, 0.5) is 13.2 Å². The predicted molar refractivity (Wildman–Crippen MR) is 45.8 cm³/mol. The maximum atomic E-state index is 11.5. The number of hydrogen-bond acceptors (Lipinski definition) is 3. The molecule has 1 atom stereocenters.